The first-order valence-corrected chi connectivity index (χ1v) is 19.0. The van der Waals surface area contributed by atoms with Gasteiger partial charge in [-0.15, -0.1) is 0 Å². The van der Waals surface area contributed by atoms with Gasteiger partial charge in [0.2, 0.25) is 0 Å². The number of unbranched alkanes of at least 4 members (excludes halogenated alkanes) is 20. The maximum Gasteiger partial charge on any atom is 0.584 e. The quantitative estimate of drug-likeness (QED) is 0.0179. The number of ether oxygens (including phenoxy) is 2. The van der Waals surface area contributed by atoms with Gasteiger partial charge in [0.15, 0.2) is 0 Å². The Labute approximate surface area is 275 Å². The molecule has 0 fully saturated rings. The molecule has 0 bridgehead atoms. The SMILES string of the molecule is C=C(C)C(=O)OCCCCCCCCCCCCCO[P+](O)(OS)OCCCCCCCCCCCCCOC(=O)C(=C)C. The lowest BCUT2D eigenvalue weighted by atomic mass is 10.1. The Morgan fingerprint density at radius 3 is 0.955 bits per heavy atom. The summed E-state index contributed by atoms with van der Waals surface area (Å²) in [5.74, 6) is -0.585. The minimum absolute atomic E-state index is 0.292. The van der Waals surface area contributed by atoms with Crippen LogP contribution < -0.4 is 0 Å². The van der Waals surface area contributed by atoms with Gasteiger partial charge in [-0.2, -0.15) is 13.9 Å². The molecule has 0 radical (unpaired) electrons. The summed E-state index contributed by atoms with van der Waals surface area (Å²) in [7, 11) is -3.33. The molecule has 0 aromatic heterocycles. The lowest BCUT2D eigenvalue weighted by Gasteiger charge is -2.12. The molecule has 10 heteroatoms. The molecule has 0 unspecified atom stereocenters. The average molecular weight is 664 g/mol. The summed E-state index contributed by atoms with van der Waals surface area (Å²) in [4.78, 5) is 33.0. The topological polar surface area (TPSA) is 101 Å². The average Bonchev–Trinajstić information content (AvgIpc) is 3.00. The fraction of sp³-hybridized carbons (Fsp3) is 0.824. The van der Waals surface area contributed by atoms with Crippen LogP contribution in [0.15, 0.2) is 24.3 Å². The highest BCUT2D eigenvalue weighted by atomic mass is 32.1. The molecule has 0 rings (SSSR count). The van der Waals surface area contributed by atoms with Crippen LogP contribution in [0, 0.1) is 0 Å². The van der Waals surface area contributed by atoms with E-state index in [9.17, 15) is 14.5 Å². The van der Waals surface area contributed by atoms with E-state index in [0.717, 1.165) is 64.2 Å². The third-order valence-corrected chi connectivity index (χ3v) is 9.20. The minimum atomic E-state index is -3.33. The van der Waals surface area contributed by atoms with Crippen LogP contribution in [0.3, 0.4) is 0 Å². The van der Waals surface area contributed by atoms with E-state index in [1.807, 2.05) is 0 Å². The fourth-order valence-corrected chi connectivity index (χ4v) is 5.78. The minimum Gasteiger partial charge on any atom is -0.462 e. The first-order valence-electron chi connectivity index (χ1n) is 17.1. The first kappa shape index (κ1) is 43.0. The van der Waals surface area contributed by atoms with E-state index in [-0.39, 0.29) is 11.9 Å². The highest BCUT2D eigenvalue weighted by Crippen LogP contribution is 2.59. The van der Waals surface area contributed by atoms with Crippen LogP contribution in [0.4, 0.5) is 0 Å². The summed E-state index contributed by atoms with van der Waals surface area (Å²) in [6.07, 6.45) is 25.0. The molecule has 44 heavy (non-hydrogen) atoms. The molecule has 0 aromatic carbocycles. The molecule has 0 aliphatic carbocycles. The summed E-state index contributed by atoms with van der Waals surface area (Å²) in [6, 6.07) is 0. The Morgan fingerprint density at radius 2 is 0.727 bits per heavy atom. The van der Waals surface area contributed by atoms with Gasteiger partial charge in [0.1, 0.15) is 13.2 Å². The molecule has 0 spiro atoms. The second-order valence-corrected chi connectivity index (χ2v) is 13.9. The highest BCUT2D eigenvalue weighted by Gasteiger charge is 2.44. The van der Waals surface area contributed by atoms with Crippen molar-refractivity contribution in [3.05, 3.63) is 24.3 Å². The maximum atomic E-state index is 11.3. The Bertz CT molecular complexity index is 693. The van der Waals surface area contributed by atoms with Gasteiger partial charge in [-0.1, -0.05) is 133 Å². The van der Waals surface area contributed by atoms with Gasteiger partial charge >= 0.3 is 20.1 Å². The van der Waals surface area contributed by atoms with Crippen LogP contribution in [-0.2, 0) is 32.1 Å². The van der Waals surface area contributed by atoms with Crippen molar-refractivity contribution in [2.45, 2.75) is 155 Å². The molecule has 0 aliphatic rings. The number of carbonyl (C=O) groups is 2. The molecule has 0 amide bonds. The lowest BCUT2D eigenvalue weighted by molar-refractivity contribution is -0.139. The molecular formula is C34H64O8PS+. The van der Waals surface area contributed by atoms with E-state index in [1.54, 1.807) is 13.8 Å². The van der Waals surface area contributed by atoms with Crippen molar-refractivity contribution in [3.8, 4) is 0 Å². The summed E-state index contributed by atoms with van der Waals surface area (Å²) < 4.78 is 26.1. The Morgan fingerprint density at radius 1 is 0.500 bits per heavy atom. The molecule has 258 valence electrons. The Kier molecular flexibility index (Phi) is 30.0. The number of rotatable bonds is 33. The third kappa shape index (κ3) is 28.5. The van der Waals surface area contributed by atoms with Gasteiger partial charge in [-0.3, -0.25) is 0 Å². The Balaban J connectivity index is 3.45. The molecular weight excluding hydrogens is 599 g/mol. The van der Waals surface area contributed by atoms with Gasteiger partial charge in [-0.25, -0.2) is 9.59 Å². The fourth-order valence-electron chi connectivity index (χ4n) is 4.61. The smallest absolute Gasteiger partial charge is 0.462 e. The number of esters is 2. The van der Waals surface area contributed by atoms with Crippen molar-refractivity contribution < 1.29 is 37.0 Å². The van der Waals surface area contributed by atoms with Crippen molar-refractivity contribution in [1.29, 1.82) is 0 Å². The van der Waals surface area contributed by atoms with Crippen LogP contribution in [0.5, 0.6) is 0 Å². The zero-order chi connectivity index (χ0) is 32.7. The van der Waals surface area contributed by atoms with E-state index in [1.165, 1.54) is 77.0 Å². The number of carbonyl (C=O) groups excluding carboxylic acids is 2. The predicted octanol–water partition coefficient (Wildman–Crippen LogP) is 10.4. The predicted molar refractivity (Wildman–Crippen MR) is 184 cm³/mol. The largest absolute Gasteiger partial charge is 0.584 e. The second-order valence-electron chi connectivity index (χ2n) is 11.8. The van der Waals surface area contributed by atoms with E-state index in [0.29, 0.717) is 37.6 Å². The summed E-state index contributed by atoms with van der Waals surface area (Å²) in [5, 5.41) is 0. The standard InChI is InChI=1S/C34H63O8PS/c1-31(2)33(35)38-27-23-19-15-11-7-5-9-13-17-21-25-29-40-43(37,42-44)41-30-26-22-18-14-10-6-8-12-16-20-24-28-39-34(36)32(3)4/h37H,1,3,5-30H2,2,4H3/p+1. The van der Waals surface area contributed by atoms with Crippen molar-refractivity contribution in [2.24, 2.45) is 0 Å². The third-order valence-electron chi connectivity index (χ3n) is 7.35. The molecule has 0 saturated heterocycles. The normalized spacial score (nSPS) is 11.5. The summed E-state index contributed by atoms with van der Waals surface area (Å²) in [6.45, 7) is 12.3. The number of hydrogen-bond donors (Lipinski definition) is 2. The van der Waals surface area contributed by atoms with Crippen molar-refractivity contribution >= 4 is 33.0 Å². The molecule has 0 heterocycles. The molecule has 0 atom stereocenters. The monoisotopic (exact) mass is 663 g/mol. The van der Waals surface area contributed by atoms with Crippen LogP contribution in [0.2, 0.25) is 0 Å². The van der Waals surface area contributed by atoms with Gasteiger partial charge in [0.25, 0.3) is 0 Å². The molecule has 8 nitrogen and oxygen atoms in total. The molecule has 1 N–H and O–H groups in total. The van der Waals surface area contributed by atoms with Crippen LogP contribution >= 0.6 is 21.1 Å². The van der Waals surface area contributed by atoms with Crippen LogP contribution in [0.1, 0.15) is 155 Å². The second kappa shape index (κ2) is 30.7. The van der Waals surface area contributed by atoms with Crippen LogP contribution in [-0.4, -0.2) is 43.3 Å². The van der Waals surface area contributed by atoms with Gasteiger partial charge in [0, 0.05) is 24.1 Å². The first-order chi connectivity index (χ1) is 21.2. The van der Waals surface area contributed by atoms with Gasteiger partial charge < -0.3 is 9.47 Å². The molecule has 0 saturated carbocycles. The van der Waals surface area contributed by atoms with Crippen molar-refractivity contribution in [2.75, 3.05) is 26.4 Å². The van der Waals surface area contributed by atoms with Gasteiger partial charge in [-0.05, 0) is 39.5 Å². The lowest BCUT2D eigenvalue weighted by Crippen LogP contribution is -2.05. The van der Waals surface area contributed by atoms with E-state index < -0.39 is 8.17 Å². The Hall–Kier alpha value is -0.960. The molecule has 0 aliphatic heterocycles. The van der Waals surface area contributed by atoms with E-state index in [4.69, 9.17) is 22.5 Å². The number of thiol groups is 1. The maximum absolute atomic E-state index is 11.3. The zero-order valence-corrected chi connectivity index (χ0v) is 29.8. The van der Waals surface area contributed by atoms with Crippen molar-refractivity contribution in [1.82, 2.24) is 0 Å². The van der Waals surface area contributed by atoms with Crippen molar-refractivity contribution in [3.63, 3.8) is 0 Å². The highest BCUT2D eigenvalue weighted by molar-refractivity contribution is 7.82. The molecule has 0 aromatic rings. The van der Waals surface area contributed by atoms with Crippen LogP contribution in [0.25, 0.3) is 0 Å². The summed E-state index contributed by atoms with van der Waals surface area (Å²) in [5.41, 5.74) is 0.915. The van der Waals surface area contributed by atoms with Gasteiger partial charge in [0.05, 0.1) is 13.2 Å². The zero-order valence-electron chi connectivity index (χ0n) is 28.0. The van der Waals surface area contributed by atoms with E-state index in [2.05, 4.69) is 26.1 Å². The van der Waals surface area contributed by atoms with E-state index >= 15 is 0 Å². The summed E-state index contributed by atoms with van der Waals surface area (Å²) >= 11 is 3.78. The number of hydrogen-bond acceptors (Lipinski definition) is 9.